The van der Waals surface area contributed by atoms with Gasteiger partial charge in [-0.1, -0.05) is 0 Å². The van der Waals surface area contributed by atoms with Crippen LogP contribution in [0.1, 0.15) is 24.4 Å². The van der Waals surface area contributed by atoms with Crippen LogP contribution in [0, 0.1) is 0 Å². The van der Waals surface area contributed by atoms with Gasteiger partial charge in [0.15, 0.2) is 0 Å². The quantitative estimate of drug-likeness (QED) is 0.767. The number of piperidine rings is 1. The van der Waals surface area contributed by atoms with E-state index >= 15 is 0 Å². The Hall–Kier alpha value is -1.64. The van der Waals surface area contributed by atoms with Crippen LogP contribution >= 0.6 is 0 Å². The van der Waals surface area contributed by atoms with E-state index in [1.165, 1.54) is 17.4 Å². The molecule has 0 radical (unpaired) electrons. The zero-order valence-electron chi connectivity index (χ0n) is 14.4. The Labute approximate surface area is 143 Å². The van der Waals surface area contributed by atoms with E-state index in [9.17, 15) is 13.2 Å². The molecule has 24 heavy (non-hydrogen) atoms. The molecule has 0 unspecified atom stereocenters. The van der Waals surface area contributed by atoms with Gasteiger partial charge in [-0.05, 0) is 51.2 Å². The van der Waals surface area contributed by atoms with Crippen molar-refractivity contribution in [3.05, 3.63) is 29.7 Å². The van der Waals surface area contributed by atoms with E-state index in [1.807, 2.05) is 0 Å². The van der Waals surface area contributed by atoms with Crippen molar-refractivity contribution >= 4 is 22.0 Å². The highest BCUT2D eigenvalue weighted by atomic mass is 32.2. The minimum atomic E-state index is -3.25. The maximum absolute atomic E-state index is 11.9. The number of hydrogen-bond acceptors (Lipinski definition) is 5. The molecule has 7 nitrogen and oxygen atoms in total. The van der Waals surface area contributed by atoms with Gasteiger partial charge < -0.3 is 14.6 Å². The Balaban J connectivity index is 1.85. The van der Waals surface area contributed by atoms with Crippen molar-refractivity contribution in [2.45, 2.75) is 25.4 Å². The molecule has 1 saturated heterocycles. The number of carbonyl (C=O) groups is 1. The van der Waals surface area contributed by atoms with E-state index in [-0.39, 0.29) is 18.5 Å². The van der Waals surface area contributed by atoms with Crippen LogP contribution in [0.5, 0.6) is 0 Å². The average Bonchev–Trinajstić information content (AvgIpc) is 2.94. The van der Waals surface area contributed by atoms with Gasteiger partial charge in [0.25, 0.3) is 0 Å². The summed E-state index contributed by atoms with van der Waals surface area (Å²) in [6.45, 7) is 2.14. The Morgan fingerprint density at radius 2 is 2.08 bits per heavy atom. The molecule has 1 fully saturated rings. The number of sulfonamides is 1. The van der Waals surface area contributed by atoms with Crippen molar-refractivity contribution in [1.29, 1.82) is 0 Å². The van der Waals surface area contributed by atoms with Crippen molar-refractivity contribution in [2.24, 2.45) is 0 Å². The number of carbonyl (C=O) groups excluding carboxylic acids is 1. The fraction of sp³-hybridized carbons (Fsp3) is 0.562. The molecular formula is C16H25N3O4S. The van der Waals surface area contributed by atoms with Crippen molar-refractivity contribution in [3.8, 4) is 0 Å². The second-order valence-electron chi connectivity index (χ2n) is 6.24. The molecule has 8 heteroatoms. The molecule has 2 heterocycles. The minimum Gasteiger partial charge on any atom is -0.460 e. The van der Waals surface area contributed by atoms with Crippen LogP contribution < -0.4 is 5.32 Å². The van der Waals surface area contributed by atoms with Crippen LogP contribution in [0.3, 0.4) is 0 Å². The molecule has 0 bridgehead atoms. The lowest BCUT2D eigenvalue weighted by atomic mass is 10.1. The van der Waals surface area contributed by atoms with Gasteiger partial charge >= 0.3 is 0 Å². The van der Waals surface area contributed by atoms with Gasteiger partial charge in [0.1, 0.15) is 11.5 Å². The normalized spacial score (nSPS) is 17.7. The fourth-order valence-corrected chi connectivity index (χ4v) is 2.83. The minimum absolute atomic E-state index is 0.143. The van der Waals surface area contributed by atoms with Gasteiger partial charge in [-0.25, -0.2) is 8.42 Å². The number of likely N-dealkylation sites (tertiary alicyclic amines) is 1. The monoisotopic (exact) mass is 355 g/mol. The van der Waals surface area contributed by atoms with Crippen LogP contribution in [0.15, 0.2) is 22.6 Å². The molecule has 2 rings (SSSR count). The predicted molar refractivity (Wildman–Crippen MR) is 92.7 cm³/mol. The maximum atomic E-state index is 11.9. The topological polar surface area (TPSA) is 82.9 Å². The molecule has 0 aliphatic carbocycles. The molecular weight excluding hydrogens is 330 g/mol. The number of furan rings is 1. The van der Waals surface area contributed by atoms with Crippen LogP contribution in [-0.2, 0) is 21.4 Å². The van der Waals surface area contributed by atoms with E-state index in [0.717, 1.165) is 32.2 Å². The first-order valence-electron chi connectivity index (χ1n) is 7.91. The molecule has 1 aliphatic rings. The Morgan fingerprint density at radius 1 is 1.42 bits per heavy atom. The molecule has 1 aliphatic heterocycles. The zero-order chi connectivity index (χ0) is 17.7. The van der Waals surface area contributed by atoms with Crippen molar-refractivity contribution < 1.29 is 17.6 Å². The lowest BCUT2D eigenvalue weighted by molar-refractivity contribution is -0.117. The van der Waals surface area contributed by atoms with E-state index in [0.29, 0.717) is 11.5 Å². The fourth-order valence-electron chi connectivity index (χ4n) is 2.47. The van der Waals surface area contributed by atoms with E-state index in [4.69, 9.17) is 4.42 Å². The largest absolute Gasteiger partial charge is 0.460 e. The molecule has 1 aromatic rings. The molecule has 1 aromatic heterocycles. The third-order valence-corrected chi connectivity index (χ3v) is 5.35. The molecule has 0 aromatic carbocycles. The van der Waals surface area contributed by atoms with Gasteiger partial charge in [-0.2, -0.15) is 4.31 Å². The van der Waals surface area contributed by atoms with Crippen molar-refractivity contribution in [1.82, 2.24) is 14.5 Å². The summed E-state index contributed by atoms with van der Waals surface area (Å²) in [7, 11) is 0.315. The Morgan fingerprint density at radius 3 is 2.71 bits per heavy atom. The SMILES string of the molecule is CN1CCC(NC(=O)/C=C/c2ccc(CN(C)S(C)(=O)=O)o2)CC1. The summed E-state index contributed by atoms with van der Waals surface area (Å²) in [5.74, 6) is 0.902. The maximum Gasteiger partial charge on any atom is 0.244 e. The van der Waals surface area contributed by atoms with Crippen molar-refractivity contribution in [3.63, 3.8) is 0 Å². The summed E-state index contributed by atoms with van der Waals surface area (Å²) in [5.41, 5.74) is 0. The summed E-state index contributed by atoms with van der Waals surface area (Å²) < 4.78 is 29.5. The van der Waals surface area contributed by atoms with Crippen LogP contribution in [0.4, 0.5) is 0 Å². The lowest BCUT2D eigenvalue weighted by Crippen LogP contribution is -2.42. The molecule has 134 valence electrons. The standard InChI is InChI=1S/C16H25N3O4S/c1-18-10-8-13(9-11-18)17-16(20)7-6-14-4-5-15(23-14)12-19(2)24(3,21)22/h4-7,13H,8-12H2,1-3H3,(H,17,20)/b7-6+. The van der Waals surface area contributed by atoms with E-state index < -0.39 is 10.0 Å². The Kier molecular flexibility index (Phi) is 6.20. The number of rotatable bonds is 6. The van der Waals surface area contributed by atoms with Crippen LogP contribution in [0.2, 0.25) is 0 Å². The molecule has 0 atom stereocenters. The lowest BCUT2D eigenvalue weighted by Gasteiger charge is -2.29. The second kappa shape index (κ2) is 7.96. The third-order valence-electron chi connectivity index (χ3n) is 4.09. The first kappa shape index (κ1) is 18.7. The highest BCUT2D eigenvalue weighted by Gasteiger charge is 2.17. The smallest absolute Gasteiger partial charge is 0.244 e. The van der Waals surface area contributed by atoms with Gasteiger partial charge in [0, 0.05) is 19.2 Å². The van der Waals surface area contributed by atoms with Crippen LogP contribution in [-0.4, -0.2) is 63.0 Å². The first-order chi connectivity index (χ1) is 11.2. The number of nitrogens with zero attached hydrogens (tertiary/aromatic N) is 2. The van der Waals surface area contributed by atoms with Crippen molar-refractivity contribution in [2.75, 3.05) is 33.4 Å². The summed E-state index contributed by atoms with van der Waals surface area (Å²) >= 11 is 0. The van der Waals surface area contributed by atoms with E-state index in [1.54, 1.807) is 18.2 Å². The molecule has 1 N–H and O–H groups in total. The Bertz CT molecular complexity index is 688. The number of nitrogens with one attached hydrogen (secondary N) is 1. The van der Waals surface area contributed by atoms with Gasteiger partial charge in [0.2, 0.25) is 15.9 Å². The van der Waals surface area contributed by atoms with Gasteiger partial charge in [-0.15, -0.1) is 0 Å². The third kappa shape index (κ3) is 5.77. The first-order valence-corrected chi connectivity index (χ1v) is 9.76. The predicted octanol–water partition coefficient (Wildman–Crippen LogP) is 0.895. The van der Waals surface area contributed by atoms with Gasteiger partial charge in [-0.3, -0.25) is 4.79 Å². The summed E-state index contributed by atoms with van der Waals surface area (Å²) in [6.07, 6.45) is 6.09. The van der Waals surface area contributed by atoms with Crippen LogP contribution in [0.25, 0.3) is 6.08 Å². The molecule has 0 saturated carbocycles. The molecule has 0 spiro atoms. The second-order valence-corrected chi connectivity index (χ2v) is 8.33. The summed E-state index contributed by atoms with van der Waals surface area (Å²) in [6, 6.07) is 3.63. The number of amides is 1. The molecule has 1 amide bonds. The highest BCUT2D eigenvalue weighted by molar-refractivity contribution is 7.88. The number of hydrogen-bond donors (Lipinski definition) is 1. The summed E-state index contributed by atoms with van der Waals surface area (Å²) in [4.78, 5) is 14.2. The van der Waals surface area contributed by atoms with Gasteiger partial charge in [0.05, 0.1) is 12.8 Å². The van der Waals surface area contributed by atoms with E-state index in [2.05, 4.69) is 17.3 Å². The highest BCUT2D eigenvalue weighted by Crippen LogP contribution is 2.13. The summed E-state index contributed by atoms with van der Waals surface area (Å²) in [5, 5.41) is 2.99. The average molecular weight is 355 g/mol. The zero-order valence-corrected chi connectivity index (χ0v) is 15.2.